The standard InChI is InChI=1S/C18H26N6O2/c1-3-4-5-6-10-19-16-20-17(22-18(21-16)26-2)23-11-12-24-14(13-23)8-7-9-15(24)25/h7-9H,3-6,10-13H2,1-2H3,(H,19,20,21,22). The Labute approximate surface area is 153 Å². The molecule has 0 aliphatic carbocycles. The summed E-state index contributed by atoms with van der Waals surface area (Å²) in [5.74, 6) is 1.09. The fourth-order valence-corrected chi connectivity index (χ4v) is 3.03. The van der Waals surface area contributed by atoms with Gasteiger partial charge in [-0.2, -0.15) is 15.0 Å². The summed E-state index contributed by atoms with van der Waals surface area (Å²) >= 11 is 0. The molecular weight excluding hydrogens is 332 g/mol. The summed E-state index contributed by atoms with van der Waals surface area (Å²) in [4.78, 5) is 27.2. The zero-order chi connectivity index (χ0) is 18.4. The lowest BCUT2D eigenvalue weighted by molar-refractivity contribution is 0.378. The Bertz CT molecular complexity index is 791. The molecule has 140 valence electrons. The maximum atomic E-state index is 11.9. The summed E-state index contributed by atoms with van der Waals surface area (Å²) in [6.45, 7) is 4.88. The summed E-state index contributed by atoms with van der Waals surface area (Å²) in [6.07, 6.45) is 4.72. The van der Waals surface area contributed by atoms with Gasteiger partial charge >= 0.3 is 6.01 Å². The lowest BCUT2D eigenvalue weighted by Gasteiger charge is -2.29. The molecule has 0 bridgehead atoms. The van der Waals surface area contributed by atoms with E-state index in [1.807, 2.05) is 11.0 Å². The minimum atomic E-state index is 0.0322. The second-order valence-corrected chi connectivity index (χ2v) is 6.36. The first kappa shape index (κ1) is 18.2. The largest absolute Gasteiger partial charge is 0.467 e. The van der Waals surface area contributed by atoms with Gasteiger partial charge in [0.25, 0.3) is 5.56 Å². The van der Waals surface area contributed by atoms with Crippen LogP contribution in [0.4, 0.5) is 11.9 Å². The highest BCUT2D eigenvalue weighted by molar-refractivity contribution is 5.39. The SMILES string of the molecule is CCCCCCNc1nc(OC)nc(N2CCn3c(cccc3=O)C2)n1. The molecule has 2 aromatic rings. The molecule has 0 fully saturated rings. The summed E-state index contributed by atoms with van der Waals surface area (Å²) in [7, 11) is 1.55. The fraction of sp³-hybridized carbons (Fsp3) is 0.556. The number of hydrogen-bond donors (Lipinski definition) is 1. The van der Waals surface area contributed by atoms with Gasteiger partial charge in [0.15, 0.2) is 0 Å². The molecule has 1 aliphatic heterocycles. The van der Waals surface area contributed by atoms with E-state index in [1.165, 1.54) is 19.3 Å². The second-order valence-electron chi connectivity index (χ2n) is 6.36. The van der Waals surface area contributed by atoms with Crippen molar-refractivity contribution >= 4 is 11.9 Å². The van der Waals surface area contributed by atoms with E-state index in [0.29, 0.717) is 37.5 Å². The van der Waals surface area contributed by atoms with Gasteiger partial charge in [-0.3, -0.25) is 4.79 Å². The van der Waals surface area contributed by atoms with Crippen molar-refractivity contribution in [3.05, 3.63) is 34.2 Å². The highest BCUT2D eigenvalue weighted by atomic mass is 16.5. The van der Waals surface area contributed by atoms with Crippen LogP contribution in [0.3, 0.4) is 0 Å². The van der Waals surface area contributed by atoms with Crippen molar-refractivity contribution < 1.29 is 4.74 Å². The average molecular weight is 358 g/mol. The van der Waals surface area contributed by atoms with Crippen molar-refractivity contribution in [1.29, 1.82) is 0 Å². The summed E-state index contributed by atoms with van der Waals surface area (Å²) in [6, 6.07) is 5.63. The van der Waals surface area contributed by atoms with E-state index < -0.39 is 0 Å². The fourth-order valence-electron chi connectivity index (χ4n) is 3.03. The van der Waals surface area contributed by atoms with Crippen LogP contribution in [0.1, 0.15) is 38.3 Å². The molecule has 2 aromatic heterocycles. The molecule has 1 aliphatic rings. The minimum absolute atomic E-state index is 0.0322. The van der Waals surface area contributed by atoms with Gasteiger partial charge in [0, 0.05) is 31.4 Å². The van der Waals surface area contributed by atoms with E-state index >= 15 is 0 Å². The van der Waals surface area contributed by atoms with Crippen LogP contribution in [0.2, 0.25) is 0 Å². The first-order chi connectivity index (χ1) is 12.7. The van der Waals surface area contributed by atoms with E-state index in [4.69, 9.17) is 4.74 Å². The molecule has 8 nitrogen and oxygen atoms in total. The maximum absolute atomic E-state index is 11.9. The Morgan fingerprint density at radius 2 is 2.04 bits per heavy atom. The van der Waals surface area contributed by atoms with Gasteiger partial charge in [0.2, 0.25) is 11.9 Å². The molecule has 3 rings (SSSR count). The molecule has 0 saturated heterocycles. The number of aromatic nitrogens is 4. The highest BCUT2D eigenvalue weighted by Gasteiger charge is 2.20. The van der Waals surface area contributed by atoms with Crippen molar-refractivity contribution in [1.82, 2.24) is 19.5 Å². The van der Waals surface area contributed by atoms with Gasteiger partial charge in [0.1, 0.15) is 0 Å². The lowest BCUT2D eigenvalue weighted by atomic mass is 10.2. The normalized spacial score (nSPS) is 13.4. The Morgan fingerprint density at radius 3 is 2.85 bits per heavy atom. The molecule has 8 heteroatoms. The van der Waals surface area contributed by atoms with E-state index in [9.17, 15) is 4.79 Å². The zero-order valence-corrected chi connectivity index (χ0v) is 15.4. The van der Waals surface area contributed by atoms with Crippen molar-refractivity contribution in [2.24, 2.45) is 0 Å². The van der Waals surface area contributed by atoms with Gasteiger partial charge < -0.3 is 19.5 Å². The van der Waals surface area contributed by atoms with Gasteiger partial charge in [-0.15, -0.1) is 0 Å². The van der Waals surface area contributed by atoms with Crippen LogP contribution in [0.15, 0.2) is 23.0 Å². The first-order valence-electron chi connectivity index (χ1n) is 9.19. The molecule has 0 atom stereocenters. The quantitative estimate of drug-likeness (QED) is 0.723. The molecule has 0 aromatic carbocycles. The Hall–Kier alpha value is -2.64. The van der Waals surface area contributed by atoms with Crippen LogP contribution in [0.25, 0.3) is 0 Å². The number of rotatable bonds is 8. The Kier molecular flexibility index (Phi) is 6.04. The van der Waals surface area contributed by atoms with Gasteiger partial charge in [0.05, 0.1) is 13.7 Å². The maximum Gasteiger partial charge on any atom is 0.322 e. The molecule has 0 spiro atoms. The molecule has 0 radical (unpaired) electrons. The number of unbranched alkanes of at least 4 members (excludes halogenated alkanes) is 3. The van der Waals surface area contributed by atoms with E-state index in [2.05, 4.69) is 27.2 Å². The molecule has 1 N–H and O–H groups in total. The minimum Gasteiger partial charge on any atom is -0.467 e. The number of anilines is 2. The highest BCUT2D eigenvalue weighted by Crippen LogP contribution is 2.19. The molecule has 0 amide bonds. The second kappa shape index (κ2) is 8.64. The number of nitrogens with one attached hydrogen (secondary N) is 1. The van der Waals surface area contributed by atoms with Crippen molar-refractivity contribution in [2.75, 3.05) is 30.4 Å². The molecule has 0 unspecified atom stereocenters. The smallest absolute Gasteiger partial charge is 0.322 e. The van der Waals surface area contributed by atoms with Crippen LogP contribution in [-0.4, -0.2) is 39.7 Å². The number of ether oxygens (including phenoxy) is 1. The third kappa shape index (κ3) is 4.30. The van der Waals surface area contributed by atoms with Gasteiger partial charge in [-0.25, -0.2) is 0 Å². The van der Waals surface area contributed by atoms with E-state index in [0.717, 1.165) is 18.7 Å². The summed E-state index contributed by atoms with van der Waals surface area (Å²) in [5, 5.41) is 3.26. The summed E-state index contributed by atoms with van der Waals surface area (Å²) in [5.41, 5.74) is 0.988. The van der Waals surface area contributed by atoms with Crippen molar-refractivity contribution in [3.63, 3.8) is 0 Å². The van der Waals surface area contributed by atoms with E-state index in [-0.39, 0.29) is 5.56 Å². The number of nitrogens with zero attached hydrogens (tertiary/aromatic N) is 5. The molecule has 0 saturated carbocycles. The number of hydrogen-bond acceptors (Lipinski definition) is 7. The summed E-state index contributed by atoms with van der Waals surface area (Å²) < 4.78 is 7.03. The van der Waals surface area contributed by atoms with Gasteiger partial charge in [-0.05, 0) is 12.5 Å². The topological polar surface area (TPSA) is 85.2 Å². The lowest BCUT2D eigenvalue weighted by Crippen LogP contribution is -2.39. The molecule has 26 heavy (non-hydrogen) atoms. The molecular formula is C18H26N6O2. The third-order valence-corrected chi connectivity index (χ3v) is 4.47. The predicted molar refractivity (Wildman–Crippen MR) is 101 cm³/mol. The van der Waals surface area contributed by atoms with Crippen LogP contribution >= 0.6 is 0 Å². The Morgan fingerprint density at radius 1 is 1.15 bits per heavy atom. The number of fused-ring (bicyclic) bond motifs is 1. The van der Waals surface area contributed by atoms with E-state index in [1.54, 1.807) is 23.8 Å². The van der Waals surface area contributed by atoms with Crippen LogP contribution in [0.5, 0.6) is 6.01 Å². The Balaban J connectivity index is 1.73. The van der Waals surface area contributed by atoms with Crippen LogP contribution in [0, 0.1) is 0 Å². The first-order valence-corrected chi connectivity index (χ1v) is 9.19. The zero-order valence-electron chi connectivity index (χ0n) is 15.4. The van der Waals surface area contributed by atoms with Crippen molar-refractivity contribution in [3.8, 4) is 6.01 Å². The molecule has 3 heterocycles. The van der Waals surface area contributed by atoms with Crippen LogP contribution < -0.4 is 20.5 Å². The number of pyridine rings is 1. The van der Waals surface area contributed by atoms with Crippen LogP contribution in [-0.2, 0) is 13.1 Å². The average Bonchev–Trinajstić information content (AvgIpc) is 2.67. The third-order valence-electron chi connectivity index (χ3n) is 4.47. The van der Waals surface area contributed by atoms with Crippen molar-refractivity contribution in [2.45, 2.75) is 45.7 Å². The van der Waals surface area contributed by atoms with Gasteiger partial charge in [-0.1, -0.05) is 32.3 Å². The monoisotopic (exact) mass is 358 g/mol. The predicted octanol–water partition coefficient (Wildman–Crippen LogP) is 2.05. The number of methoxy groups -OCH3 is 1.